The number of ether oxygens (including phenoxy) is 1. The van der Waals surface area contributed by atoms with E-state index in [1.54, 1.807) is 24.4 Å². The third kappa shape index (κ3) is 3.94. The predicted molar refractivity (Wildman–Crippen MR) is 93.4 cm³/mol. The SMILES string of the molecule is Cc1cccc(NC(=O)c2ccn(COc3ccccc3Cl)n2)c1. The monoisotopic (exact) mass is 341 g/mol. The fourth-order valence-corrected chi connectivity index (χ4v) is 2.36. The first kappa shape index (κ1) is 16.1. The number of nitrogens with one attached hydrogen (secondary N) is 1. The van der Waals surface area contributed by atoms with Gasteiger partial charge in [-0.2, -0.15) is 5.10 Å². The molecule has 0 bridgehead atoms. The summed E-state index contributed by atoms with van der Waals surface area (Å²) in [5.74, 6) is 0.303. The molecule has 0 aliphatic heterocycles. The van der Waals surface area contributed by atoms with Crippen molar-refractivity contribution in [3.8, 4) is 5.75 Å². The number of amides is 1. The van der Waals surface area contributed by atoms with Crippen molar-refractivity contribution in [2.24, 2.45) is 0 Å². The van der Waals surface area contributed by atoms with Crippen LogP contribution in [0.2, 0.25) is 5.02 Å². The Hall–Kier alpha value is -2.79. The standard InChI is InChI=1S/C18H16ClN3O2/c1-13-5-4-6-14(11-13)20-18(23)16-9-10-22(21-16)12-24-17-8-3-2-7-15(17)19/h2-11H,12H2,1H3,(H,20,23). The number of rotatable bonds is 5. The van der Waals surface area contributed by atoms with Gasteiger partial charge in [0, 0.05) is 11.9 Å². The van der Waals surface area contributed by atoms with E-state index in [4.69, 9.17) is 16.3 Å². The summed E-state index contributed by atoms with van der Waals surface area (Å²) < 4.78 is 7.12. The number of aryl methyl sites for hydroxylation is 1. The summed E-state index contributed by atoms with van der Waals surface area (Å²) in [6, 6.07) is 16.4. The summed E-state index contributed by atoms with van der Waals surface area (Å²) in [6.45, 7) is 2.14. The molecule has 0 spiro atoms. The second-order valence-corrected chi connectivity index (χ2v) is 5.68. The first-order valence-corrected chi connectivity index (χ1v) is 7.78. The van der Waals surface area contributed by atoms with Crippen molar-refractivity contribution < 1.29 is 9.53 Å². The lowest BCUT2D eigenvalue weighted by Crippen LogP contribution is -2.14. The topological polar surface area (TPSA) is 56.2 Å². The van der Waals surface area contributed by atoms with E-state index >= 15 is 0 Å². The van der Waals surface area contributed by atoms with Crippen LogP contribution >= 0.6 is 11.6 Å². The molecular formula is C18H16ClN3O2. The van der Waals surface area contributed by atoms with Crippen LogP contribution < -0.4 is 10.1 Å². The molecule has 0 radical (unpaired) electrons. The molecule has 1 amide bonds. The molecule has 0 aliphatic rings. The average molecular weight is 342 g/mol. The van der Waals surface area contributed by atoms with Crippen molar-refractivity contribution in [3.05, 3.63) is 77.1 Å². The fourth-order valence-electron chi connectivity index (χ4n) is 2.17. The normalized spacial score (nSPS) is 10.4. The van der Waals surface area contributed by atoms with Crippen LogP contribution in [0.5, 0.6) is 5.75 Å². The van der Waals surface area contributed by atoms with Crippen molar-refractivity contribution in [1.29, 1.82) is 0 Å². The van der Waals surface area contributed by atoms with Crippen LogP contribution in [-0.2, 0) is 6.73 Å². The number of nitrogens with zero attached hydrogens (tertiary/aromatic N) is 2. The van der Waals surface area contributed by atoms with Gasteiger partial charge in [-0.3, -0.25) is 4.79 Å². The maximum Gasteiger partial charge on any atom is 0.276 e. The van der Waals surface area contributed by atoms with Gasteiger partial charge in [-0.15, -0.1) is 0 Å². The van der Waals surface area contributed by atoms with Crippen LogP contribution in [0.4, 0.5) is 5.69 Å². The number of hydrogen-bond acceptors (Lipinski definition) is 3. The Bertz CT molecular complexity index is 861. The van der Waals surface area contributed by atoms with Crippen LogP contribution in [0.25, 0.3) is 0 Å². The van der Waals surface area contributed by atoms with Crippen molar-refractivity contribution in [1.82, 2.24) is 9.78 Å². The van der Waals surface area contributed by atoms with Crippen LogP contribution in [0.15, 0.2) is 60.8 Å². The van der Waals surface area contributed by atoms with E-state index in [0.717, 1.165) is 11.3 Å². The van der Waals surface area contributed by atoms with Gasteiger partial charge in [-0.1, -0.05) is 35.9 Å². The van der Waals surface area contributed by atoms with Gasteiger partial charge in [-0.05, 0) is 42.8 Å². The number of hydrogen-bond donors (Lipinski definition) is 1. The summed E-state index contributed by atoms with van der Waals surface area (Å²) >= 11 is 6.03. The van der Waals surface area contributed by atoms with E-state index in [1.165, 1.54) is 4.68 Å². The zero-order chi connectivity index (χ0) is 16.9. The Labute approximate surface area is 144 Å². The number of halogens is 1. The zero-order valence-electron chi connectivity index (χ0n) is 13.1. The van der Waals surface area contributed by atoms with Gasteiger partial charge in [0.1, 0.15) is 5.75 Å². The maximum absolute atomic E-state index is 12.2. The molecule has 1 aromatic heterocycles. The summed E-state index contributed by atoms with van der Waals surface area (Å²) in [6.07, 6.45) is 1.68. The molecule has 0 saturated carbocycles. The van der Waals surface area contributed by atoms with Crippen molar-refractivity contribution in [2.75, 3.05) is 5.32 Å². The Morgan fingerprint density at radius 3 is 2.83 bits per heavy atom. The predicted octanol–water partition coefficient (Wildman–Crippen LogP) is 4.13. The lowest BCUT2D eigenvalue weighted by atomic mass is 10.2. The molecule has 24 heavy (non-hydrogen) atoms. The van der Waals surface area contributed by atoms with Crippen molar-refractivity contribution in [2.45, 2.75) is 13.7 Å². The smallest absolute Gasteiger partial charge is 0.276 e. The summed E-state index contributed by atoms with van der Waals surface area (Å²) in [5, 5.41) is 7.56. The minimum Gasteiger partial charge on any atom is -0.470 e. The van der Waals surface area contributed by atoms with Gasteiger partial charge in [0.15, 0.2) is 12.4 Å². The Morgan fingerprint density at radius 2 is 2.04 bits per heavy atom. The number of aromatic nitrogens is 2. The minimum atomic E-state index is -0.267. The van der Waals surface area contributed by atoms with E-state index in [1.807, 2.05) is 43.3 Å². The molecule has 2 aromatic carbocycles. The second-order valence-electron chi connectivity index (χ2n) is 5.27. The highest BCUT2D eigenvalue weighted by molar-refractivity contribution is 6.32. The van der Waals surface area contributed by atoms with Crippen molar-refractivity contribution in [3.63, 3.8) is 0 Å². The van der Waals surface area contributed by atoms with Crippen LogP contribution in [0.1, 0.15) is 16.1 Å². The highest BCUT2D eigenvalue weighted by Gasteiger charge is 2.10. The van der Waals surface area contributed by atoms with Crippen LogP contribution in [0.3, 0.4) is 0 Å². The number of benzene rings is 2. The molecule has 5 nitrogen and oxygen atoms in total. The molecule has 0 aliphatic carbocycles. The van der Waals surface area contributed by atoms with E-state index in [2.05, 4.69) is 10.4 Å². The van der Waals surface area contributed by atoms with E-state index in [-0.39, 0.29) is 12.6 Å². The second kappa shape index (κ2) is 7.19. The molecular weight excluding hydrogens is 326 g/mol. The van der Waals surface area contributed by atoms with Crippen LogP contribution in [0, 0.1) is 6.92 Å². The lowest BCUT2D eigenvalue weighted by molar-refractivity contribution is 0.102. The maximum atomic E-state index is 12.2. The van der Waals surface area contributed by atoms with E-state index < -0.39 is 0 Å². The first-order valence-electron chi connectivity index (χ1n) is 7.40. The Kier molecular flexibility index (Phi) is 4.82. The van der Waals surface area contributed by atoms with Gasteiger partial charge in [0.2, 0.25) is 0 Å². The van der Waals surface area contributed by atoms with Gasteiger partial charge >= 0.3 is 0 Å². The molecule has 3 aromatic rings. The Balaban J connectivity index is 1.62. The van der Waals surface area contributed by atoms with E-state index in [9.17, 15) is 4.79 Å². The average Bonchev–Trinajstić information content (AvgIpc) is 3.03. The molecule has 0 atom stereocenters. The van der Waals surface area contributed by atoms with Gasteiger partial charge in [0.25, 0.3) is 5.91 Å². The number of carbonyl (C=O) groups is 1. The fraction of sp³-hybridized carbons (Fsp3) is 0.111. The van der Waals surface area contributed by atoms with Gasteiger partial charge in [-0.25, -0.2) is 4.68 Å². The highest BCUT2D eigenvalue weighted by Crippen LogP contribution is 2.23. The van der Waals surface area contributed by atoms with Crippen molar-refractivity contribution >= 4 is 23.2 Å². The molecule has 3 rings (SSSR count). The molecule has 0 unspecified atom stereocenters. The zero-order valence-corrected chi connectivity index (χ0v) is 13.8. The minimum absolute atomic E-state index is 0.168. The largest absolute Gasteiger partial charge is 0.470 e. The number of carbonyl (C=O) groups excluding carboxylic acids is 1. The molecule has 1 N–H and O–H groups in total. The molecule has 122 valence electrons. The molecule has 6 heteroatoms. The van der Waals surface area contributed by atoms with Gasteiger partial charge < -0.3 is 10.1 Å². The highest BCUT2D eigenvalue weighted by atomic mass is 35.5. The summed E-state index contributed by atoms with van der Waals surface area (Å²) in [7, 11) is 0. The quantitative estimate of drug-likeness (QED) is 0.759. The molecule has 0 fully saturated rings. The summed E-state index contributed by atoms with van der Waals surface area (Å²) in [4.78, 5) is 12.2. The first-order chi connectivity index (χ1) is 11.6. The number of anilines is 1. The third-order valence-corrected chi connectivity index (χ3v) is 3.65. The lowest BCUT2D eigenvalue weighted by Gasteiger charge is -2.07. The Morgan fingerprint density at radius 1 is 1.21 bits per heavy atom. The van der Waals surface area contributed by atoms with E-state index in [0.29, 0.717) is 16.5 Å². The molecule has 1 heterocycles. The molecule has 0 saturated heterocycles. The number of para-hydroxylation sites is 1. The van der Waals surface area contributed by atoms with Gasteiger partial charge in [0.05, 0.1) is 5.02 Å². The third-order valence-electron chi connectivity index (χ3n) is 3.34. The van der Waals surface area contributed by atoms with Crippen LogP contribution in [-0.4, -0.2) is 15.7 Å². The summed E-state index contributed by atoms with van der Waals surface area (Å²) in [5.41, 5.74) is 2.13.